The van der Waals surface area contributed by atoms with Crippen LogP contribution in [-0.2, 0) is 0 Å². The van der Waals surface area contributed by atoms with Crippen molar-refractivity contribution in [3.63, 3.8) is 0 Å². The van der Waals surface area contributed by atoms with Crippen LogP contribution in [-0.4, -0.2) is 32.8 Å². The van der Waals surface area contributed by atoms with Crippen LogP contribution in [0.2, 0.25) is 0 Å². The normalized spacial score (nSPS) is 24.1. The predicted octanol–water partition coefficient (Wildman–Crippen LogP) is 1.08. The van der Waals surface area contributed by atoms with E-state index in [4.69, 9.17) is 9.47 Å². The molecule has 0 spiro atoms. The fourth-order valence-corrected chi connectivity index (χ4v) is 2.29. The van der Waals surface area contributed by atoms with Gasteiger partial charge in [-0.25, -0.2) is 0 Å². The van der Waals surface area contributed by atoms with Gasteiger partial charge < -0.3 is 20.1 Å². The summed E-state index contributed by atoms with van der Waals surface area (Å²) in [6, 6.07) is 6.62. The molecule has 17 heavy (non-hydrogen) atoms. The second-order valence-electron chi connectivity index (χ2n) is 4.47. The zero-order valence-electron chi connectivity index (χ0n) is 9.87. The standard InChI is InChI=1S/C13H18N2O2/c1-6-16-12-3-2-10(8-13(12)17-7-1)11-9-14-4-5-15-11/h2-3,8,11,14-15H,1,4-7,9H2. The van der Waals surface area contributed by atoms with Gasteiger partial charge in [-0.3, -0.25) is 0 Å². The van der Waals surface area contributed by atoms with Crippen molar-refractivity contribution in [2.75, 3.05) is 32.8 Å². The molecule has 0 aliphatic carbocycles. The van der Waals surface area contributed by atoms with Crippen LogP contribution < -0.4 is 20.1 Å². The van der Waals surface area contributed by atoms with Crippen molar-refractivity contribution in [1.29, 1.82) is 0 Å². The van der Waals surface area contributed by atoms with Crippen molar-refractivity contribution in [3.05, 3.63) is 23.8 Å². The van der Waals surface area contributed by atoms with Crippen molar-refractivity contribution in [2.45, 2.75) is 12.5 Å². The third-order valence-electron chi connectivity index (χ3n) is 3.21. The molecule has 2 aliphatic rings. The van der Waals surface area contributed by atoms with Crippen molar-refractivity contribution >= 4 is 0 Å². The maximum absolute atomic E-state index is 5.71. The molecule has 1 fully saturated rings. The minimum absolute atomic E-state index is 0.376. The maximum Gasteiger partial charge on any atom is 0.161 e. The lowest BCUT2D eigenvalue weighted by Crippen LogP contribution is -2.42. The zero-order valence-corrected chi connectivity index (χ0v) is 9.87. The fourth-order valence-electron chi connectivity index (χ4n) is 2.29. The van der Waals surface area contributed by atoms with Crippen molar-refractivity contribution in [1.82, 2.24) is 10.6 Å². The Hall–Kier alpha value is -1.26. The number of ether oxygens (including phenoxy) is 2. The lowest BCUT2D eigenvalue weighted by molar-refractivity contribution is 0.297. The summed E-state index contributed by atoms with van der Waals surface area (Å²) in [4.78, 5) is 0. The summed E-state index contributed by atoms with van der Waals surface area (Å²) in [5, 5.41) is 6.89. The molecule has 1 aromatic rings. The van der Waals surface area contributed by atoms with Crippen LogP contribution in [0.4, 0.5) is 0 Å². The van der Waals surface area contributed by atoms with E-state index in [0.29, 0.717) is 6.04 Å². The van der Waals surface area contributed by atoms with Crippen LogP contribution in [0.15, 0.2) is 18.2 Å². The van der Waals surface area contributed by atoms with Crippen molar-refractivity contribution < 1.29 is 9.47 Å². The quantitative estimate of drug-likeness (QED) is 0.763. The van der Waals surface area contributed by atoms with Crippen LogP contribution in [0.25, 0.3) is 0 Å². The summed E-state index contributed by atoms with van der Waals surface area (Å²) in [5.74, 6) is 1.75. The molecule has 2 N–H and O–H groups in total. The Bertz CT molecular complexity index is 389. The zero-order chi connectivity index (χ0) is 11.5. The molecule has 3 rings (SSSR count). The Kier molecular flexibility index (Phi) is 3.16. The number of nitrogens with one attached hydrogen (secondary N) is 2. The van der Waals surface area contributed by atoms with E-state index in [-0.39, 0.29) is 0 Å². The van der Waals surface area contributed by atoms with Crippen molar-refractivity contribution in [3.8, 4) is 11.5 Å². The second kappa shape index (κ2) is 4.94. The summed E-state index contributed by atoms with van der Waals surface area (Å²) in [6.07, 6.45) is 0.952. The van der Waals surface area contributed by atoms with Gasteiger partial charge in [0.05, 0.1) is 13.2 Å². The van der Waals surface area contributed by atoms with E-state index in [1.165, 1.54) is 5.56 Å². The minimum atomic E-state index is 0.376. The Morgan fingerprint density at radius 2 is 1.94 bits per heavy atom. The van der Waals surface area contributed by atoms with Gasteiger partial charge in [0.25, 0.3) is 0 Å². The Labute approximate surface area is 101 Å². The van der Waals surface area contributed by atoms with Gasteiger partial charge in [0.1, 0.15) is 0 Å². The Morgan fingerprint density at radius 3 is 2.76 bits per heavy atom. The molecule has 1 unspecified atom stereocenters. The molecule has 2 aliphatic heterocycles. The van der Waals surface area contributed by atoms with E-state index in [9.17, 15) is 0 Å². The molecule has 0 bridgehead atoms. The van der Waals surface area contributed by atoms with E-state index >= 15 is 0 Å². The Morgan fingerprint density at radius 1 is 1.06 bits per heavy atom. The summed E-state index contributed by atoms with van der Waals surface area (Å²) >= 11 is 0. The molecule has 92 valence electrons. The lowest BCUT2D eigenvalue weighted by atomic mass is 10.0. The summed E-state index contributed by atoms with van der Waals surface area (Å²) in [6.45, 7) is 4.52. The summed E-state index contributed by atoms with van der Waals surface area (Å²) in [5.41, 5.74) is 1.27. The average Bonchev–Trinajstić information content (AvgIpc) is 2.64. The highest BCUT2D eigenvalue weighted by atomic mass is 16.5. The van der Waals surface area contributed by atoms with Crippen LogP contribution in [0.5, 0.6) is 11.5 Å². The van der Waals surface area contributed by atoms with E-state index in [1.54, 1.807) is 0 Å². The first-order valence-electron chi connectivity index (χ1n) is 6.27. The molecule has 2 heterocycles. The average molecular weight is 234 g/mol. The molecule has 0 saturated carbocycles. The molecule has 0 aromatic heterocycles. The van der Waals surface area contributed by atoms with Crippen LogP contribution in [0.3, 0.4) is 0 Å². The molecule has 1 aromatic carbocycles. The van der Waals surface area contributed by atoms with Gasteiger partial charge in [-0.15, -0.1) is 0 Å². The third-order valence-corrected chi connectivity index (χ3v) is 3.21. The highest BCUT2D eigenvalue weighted by molar-refractivity contribution is 5.44. The summed E-state index contributed by atoms with van der Waals surface area (Å²) in [7, 11) is 0. The Balaban J connectivity index is 1.83. The number of hydrogen-bond donors (Lipinski definition) is 2. The molecule has 4 nitrogen and oxygen atoms in total. The second-order valence-corrected chi connectivity index (χ2v) is 4.47. The first kappa shape index (κ1) is 10.9. The van der Waals surface area contributed by atoms with E-state index in [2.05, 4.69) is 22.8 Å². The van der Waals surface area contributed by atoms with Crippen LogP contribution in [0, 0.1) is 0 Å². The van der Waals surface area contributed by atoms with E-state index < -0.39 is 0 Å². The molecule has 4 heteroatoms. The molecular formula is C13H18N2O2. The van der Waals surface area contributed by atoms with Crippen molar-refractivity contribution in [2.24, 2.45) is 0 Å². The third kappa shape index (κ3) is 2.37. The smallest absolute Gasteiger partial charge is 0.161 e. The highest BCUT2D eigenvalue weighted by Gasteiger charge is 2.17. The largest absolute Gasteiger partial charge is 0.490 e. The van der Waals surface area contributed by atoms with Crippen LogP contribution in [0.1, 0.15) is 18.0 Å². The van der Waals surface area contributed by atoms with E-state index in [0.717, 1.165) is 50.8 Å². The first-order valence-corrected chi connectivity index (χ1v) is 6.27. The van der Waals surface area contributed by atoms with Gasteiger partial charge in [-0.1, -0.05) is 6.07 Å². The van der Waals surface area contributed by atoms with Gasteiger partial charge in [-0.2, -0.15) is 0 Å². The SMILES string of the molecule is c1cc2c(cc1C1CNCCN1)OCCCO2. The number of rotatable bonds is 1. The number of hydrogen-bond acceptors (Lipinski definition) is 4. The molecule has 1 saturated heterocycles. The molecule has 1 atom stereocenters. The highest BCUT2D eigenvalue weighted by Crippen LogP contribution is 2.32. The monoisotopic (exact) mass is 234 g/mol. The fraction of sp³-hybridized carbons (Fsp3) is 0.538. The topological polar surface area (TPSA) is 42.5 Å². The minimum Gasteiger partial charge on any atom is -0.490 e. The summed E-state index contributed by atoms with van der Waals surface area (Å²) < 4.78 is 11.3. The number of fused-ring (bicyclic) bond motifs is 1. The van der Waals surface area contributed by atoms with Gasteiger partial charge in [0, 0.05) is 32.1 Å². The first-order chi connectivity index (χ1) is 8.43. The molecule has 0 radical (unpaired) electrons. The maximum atomic E-state index is 5.71. The van der Waals surface area contributed by atoms with E-state index in [1.807, 2.05) is 6.07 Å². The lowest BCUT2D eigenvalue weighted by Gasteiger charge is -2.25. The molecular weight excluding hydrogens is 216 g/mol. The van der Waals surface area contributed by atoms with Gasteiger partial charge in [0.2, 0.25) is 0 Å². The van der Waals surface area contributed by atoms with Gasteiger partial charge in [-0.05, 0) is 17.7 Å². The molecule has 0 amide bonds. The predicted molar refractivity (Wildman–Crippen MR) is 65.7 cm³/mol. The van der Waals surface area contributed by atoms with Gasteiger partial charge >= 0.3 is 0 Å². The van der Waals surface area contributed by atoms with Gasteiger partial charge in [0.15, 0.2) is 11.5 Å². The number of piperazine rings is 1. The van der Waals surface area contributed by atoms with Crippen LogP contribution >= 0.6 is 0 Å². The number of benzene rings is 1.